The molecule has 8 heteroatoms. The summed E-state index contributed by atoms with van der Waals surface area (Å²) in [5.74, 6) is -0.585. The molecule has 0 spiro atoms. The number of hydrogen-bond acceptors (Lipinski definition) is 4. The molecule has 3 atom stereocenters. The van der Waals surface area contributed by atoms with Gasteiger partial charge < -0.3 is 19.5 Å². The van der Waals surface area contributed by atoms with E-state index < -0.39 is 18.2 Å². The highest BCUT2D eigenvalue weighted by Gasteiger charge is 2.39. The van der Waals surface area contributed by atoms with Crippen molar-refractivity contribution in [1.82, 2.24) is 4.90 Å². The molecular weight excluding hydrogens is 357 g/mol. The van der Waals surface area contributed by atoms with E-state index >= 15 is 0 Å². The molecule has 0 aliphatic carbocycles. The lowest BCUT2D eigenvalue weighted by Crippen LogP contribution is -2.39. The van der Waals surface area contributed by atoms with E-state index in [1.165, 1.54) is 0 Å². The molecule has 1 aromatic carbocycles. The van der Waals surface area contributed by atoms with Crippen LogP contribution in [0, 0.1) is 0 Å². The molecule has 2 fully saturated rings. The van der Waals surface area contributed by atoms with Gasteiger partial charge in [0.15, 0.2) is 6.10 Å². The first-order valence-corrected chi connectivity index (χ1v) is 8.48. The van der Waals surface area contributed by atoms with Crippen LogP contribution in [-0.2, 0) is 14.3 Å². The van der Waals surface area contributed by atoms with Gasteiger partial charge in [-0.3, -0.25) is 4.79 Å². The zero-order valence-corrected chi connectivity index (χ0v) is 14.3. The maximum atomic E-state index is 12.4. The number of amides is 1. The van der Waals surface area contributed by atoms with E-state index in [-0.39, 0.29) is 12.0 Å². The first-order valence-electron chi connectivity index (χ1n) is 7.73. The van der Waals surface area contributed by atoms with Crippen LogP contribution in [-0.4, -0.2) is 53.3 Å². The summed E-state index contributed by atoms with van der Waals surface area (Å²) in [4.78, 5) is 25.0. The molecule has 6 nitrogen and oxygen atoms in total. The van der Waals surface area contributed by atoms with Crippen molar-refractivity contribution in [3.05, 3.63) is 28.2 Å². The van der Waals surface area contributed by atoms with Crippen LogP contribution in [0.4, 0.5) is 0 Å². The summed E-state index contributed by atoms with van der Waals surface area (Å²) < 4.78 is 11.2. The molecule has 2 heterocycles. The first-order chi connectivity index (χ1) is 11.4. The van der Waals surface area contributed by atoms with Gasteiger partial charge >= 0.3 is 5.97 Å². The van der Waals surface area contributed by atoms with Gasteiger partial charge in [-0.25, -0.2) is 4.79 Å². The molecule has 130 valence electrons. The SMILES string of the molecule is O=C(O)[C@H]1CC[C@@H](C(=O)N2CCC(Oc3ccc(Cl)c(Cl)c3)C2)O1. The van der Waals surface area contributed by atoms with Crippen LogP contribution in [0.25, 0.3) is 0 Å². The molecule has 2 saturated heterocycles. The summed E-state index contributed by atoms with van der Waals surface area (Å²) >= 11 is 11.8. The minimum Gasteiger partial charge on any atom is -0.488 e. The van der Waals surface area contributed by atoms with Gasteiger partial charge in [0.05, 0.1) is 16.6 Å². The smallest absolute Gasteiger partial charge is 0.332 e. The van der Waals surface area contributed by atoms with Crippen molar-refractivity contribution in [2.24, 2.45) is 0 Å². The lowest BCUT2D eigenvalue weighted by molar-refractivity contribution is -0.154. The number of nitrogens with zero attached hydrogens (tertiary/aromatic N) is 1. The van der Waals surface area contributed by atoms with Crippen molar-refractivity contribution in [2.75, 3.05) is 13.1 Å². The molecule has 1 unspecified atom stereocenters. The Morgan fingerprint density at radius 1 is 1.17 bits per heavy atom. The van der Waals surface area contributed by atoms with Crippen LogP contribution in [0.2, 0.25) is 10.0 Å². The van der Waals surface area contributed by atoms with Crippen molar-refractivity contribution in [3.8, 4) is 5.75 Å². The largest absolute Gasteiger partial charge is 0.488 e. The molecular formula is C16H17Cl2NO5. The fourth-order valence-electron chi connectivity index (χ4n) is 2.97. The Labute approximate surface area is 149 Å². The van der Waals surface area contributed by atoms with Crippen molar-refractivity contribution in [1.29, 1.82) is 0 Å². The van der Waals surface area contributed by atoms with Crippen LogP contribution in [0.3, 0.4) is 0 Å². The second kappa shape index (κ2) is 7.17. The van der Waals surface area contributed by atoms with Crippen molar-refractivity contribution in [2.45, 2.75) is 37.6 Å². The number of carboxylic acid groups (broad SMARTS) is 1. The Hall–Kier alpha value is -1.50. The van der Waals surface area contributed by atoms with Crippen LogP contribution in [0.5, 0.6) is 5.75 Å². The highest BCUT2D eigenvalue weighted by Crippen LogP contribution is 2.29. The molecule has 3 rings (SSSR count). The Kier molecular flexibility index (Phi) is 5.18. The van der Waals surface area contributed by atoms with Crippen molar-refractivity contribution >= 4 is 35.1 Å². The molecule has 2 aliphatic heterocycles. The number of hydrogen-bond donors (Lipinski definition) is 1. The molecule has 0 aromatic heterocycles. The molecule has 0 saturated carbocycles. The summed E-state index contributed by atoms with van der Waals surface area (Å²) in [5, 5.41) is 9.81. The van der Waals surface area contributed by atoms with Crippen molar-refractivity contribution in [3.63, 3.8) is 0 Å². The minimum atomic E-state index is -1.02. The quantitative estimate of drug-likeness (QED) is 0.877. The van der Waals surface area contributed by atoms with Crippen LogP contribution in [0.15, 0.2) is 18.2 Å². The van der Waals surface area contributed by atoms with E-state index in [1.54, 1.807) is 23.1 Å². The molecule has 2 aliphatic rings. The average molecular weight is 374 g/mol. The summed E-state index contributed by atoms with van der Waals surface area (Å²) in [6, 6.07) is 5.04. The van der Waals surface area contributed by atoms with E-state index in [0.29, 0.717) is 48.1 Å². The highest BCUT2D eigenvalue weighted by atomic mass is 35.5. The maximum Gasteiger partial charge on any atom is 0.332 e. The van der Waals surface area contributed by atoms with Crippen LogP contribution < -0.4 is 4.74 Å². The fraction of sp³-hybridized carbons (Fsp3) is 0.500. The third-order valence-corrected chi connectivity index (χ3v) is 4.96. The van der Waals surface area contributed by atoms with Crippen LogP contribution >= 0.6 is 23.2 Å². The number of aliphatic carboxylic acids is 1. The van der Waals surface area contributed by atoms with Crippen LogP contribution in [0.1, 0.15) is 19.3 Å². The molecule has 1 aromatic rings. The van der Waals surface area contributed by atoms with Gasteiger partial charge in [0, 0.05) is 19.0 Å². The average Bonchev–Trinajstić information content (AvgIpc) is 3.20. The Morgan fingerprint density at radius 3 is 2.58 bits per heavy atom. The van der Waals surface area contributed by atoms with E-state index in [0.717, 1.165) is 0 Å². The number of rotatable bonds is 4. The second-order valence-electron chi connectivity index (χ2n) is 5.92. The number of benzene rings is 1. The first kappa shape index (κ1) is 17.3. The lowest BCUT2D eigenvalue weighted by atomic mass is 10.2. The van der Waals surface area contributed by atoms with Gasteiger partial charge in [-0.05, 0) is 25.0 Å². The van der Waals surface area contributed by atoms with Gasteiger partial charge in [0.1, 0.15) is 18.0 Å². The molecule has 1 N–H and O–H groups in total. The summed E-state index contributed by atoms with van der Waals surface area (Å²) in [7, 11) is 0. The Bertz CT molecular complexity index is 653. The van der Waals surface area contributed by atoms with Gasteiger partial charge in [-0.15, -0.1) is 0 Å². The maximum absolute atomic E-state index is 12.4. The van der Waals surface area contributed by atoms with E-state index in [2.05, 4.69) is 0 Å². The Morgan fingerprint density at radius 2 is 1.92 bits per heavy atom. The predicted molar refractivity (Wildman–Crippen MR) is 87.6 cm³/mol. The van der Waals surface area contributed by atoms with E-state index in [4.69, 9.17) is 37.8 Å². The molecule has 0 radical (unpaired) electrons. The highest BCUT2D eigenvalue weighted by molar-refractivity contribution is 6.42. The molecule has 0 bridgehead atoms. The topological polar surface area (TPSA) is 76.1 Å². The third kappa shape index (κ3) is 3.77. The fourth-order valence-corrected chi connectivity index (χ4v) is 3.26. The van der Waals surface area contributed by atoms with E-state index in [9.17, 15) is 9.59 Å². The summed E-state index contributed by atoms with van der Waals surface area (Å²) in [6.07, 6.45) is -0.198. The summed E-state index contributed by atoms with van der Waals surface area (Å²) in [5.41, 5.74) is 0. The number of ether oxygens (including phenoxy) is 2. The number of carbonyl (C=O) groups excluding carboxylic acids is 1. The van der Waals surface area contributed by atoms with Crippen molar-refractivity contribution < 1.29 is 24.2 Å². The minimum absolute atomic E-state index is 0.136. The van der Waals surface area contributed by atoms with Gasteiger partial charge in [-0.2, -0.15) is 0 Å². The normalized spacial score (nSPS) is 26.6. The lowest BCUT2D eigenvalue weighted by Gasteiger charge is -2.20. The third-order valence-electron chi connectivity index (χ3n) is 4.22. The Balaban J connectivity index is 1.54. The standard InChI is InChI=1S/C16H17Cl2NO5/c17-11-2-1-9(7-12(11)18)23-10-5-6-19(8-10)15(20)13-3-4-14(24-13)16(21)22/h1-2,7,10,13-14H,3-6,8H2,(H,21,22)/t10?,13-,14+/m0/s1. The number of likely N-dealkylation sites (tertiary alicyclic amines) is 1. The number of halogens is 2. The molecule has 1 amide bonds. The predicted octanol–water partition coefficient (Wildman–Crippen LogP) is 2.61. The number of carboxylic acids is 1. The number of carbonyl (C=O) groups is 2. The zero-order chi connectivity index (χ0) is 17.3. The second-order valence-corrected chi connectivity index (χ2v) is 6.73. The van der Waals surface area contributed by atoms with Gasteiger partial charge in [-0.1, -0.05) is 23.2 Å². The van der Waals surface area contributed by atoms with E-state index in [1.807, 2.05) is 0 Å². The summed E-state index contributed by atoms with van der Waals surface area (Å²) in [6.45, 7) is 0.999. The van der Waals surface area contributed by atoms with Gasteiger partial charge in [0.25, 0.3) is 5.91 Å². The monoisotopic (exact) mass is 373 g/mol. The molecule has 24 heavy (non-hydrogen) atoms. The van der Waals surface area contributed by atoms with Gasteiger partial charge in [0.2, 0.25) is 0 Å². The zero-order valence-electron chi connectivity index (χ0n) is 12.8.